The van der Waals surface area contributed by atoms with Crippen LogP contribution in [0, 0.1) is 0 Å². The van der Waals surface area contributed by atoms with E-state index in [1.165, 1.54) is 10.5 Å². The lowest BCUT2D eigenvalue weighted by molar-refractivity contribution is -0.131. The molecule has 2 fully saturated rings. The molecule has 0 unspecified atom stereocenters. The summed E-state index contributed by atoms with van der Waals surface area (Å²) >= 11 is 0. The molecule has 2 heterocycles. The molecule has 0 bridgehead atoms. The van der Waals surface area contributed by atoms with Crippen molar-refractivity contribution < 1.29 is 14.3 Å². The van der Waals surface area contributed by atoms with Crippen molar-refractivity contribution in [2.45, 2.75) is 38.5 Å². The third-order valence-corrected chi connectivity index (χ3v) is 4.51. The van der Waals surface area contributed by atoms with Crippen LogP contribution in [0.25, 0.3) is 0 Å². The van der Waals surface area contributed by atoms with Gasteiger partial charge in [0.15, 0.2) is 0 Å². The summed E-state index contributed by atoms with van der Waals surface area (Å²) < 4.78 is 5.88. The van der Waals surface area contributed by atoms with Crippen LogP contribution in [0.4, 0.5) is 4.79 Å². The first kappa shape index (κ1) is 16.9. The Bertz CT molecular complexity index is 603. The highest BCUT2D eigenvalue weighted by Crippen LogP contribution is 2.19. The molecule has 3 rings (SSSR count). The van der Waals surface area contributed by atoms with Crippen molar-refractivity contribution in [2.24, 2.45) is 0 Å². The number of hydrogen-bond acceptors (Lipinski definition) is 4. The fourth-order valence-electron chi connectivity index (χ4n) is 3.25. The molecule has 130 valence electrons. The molecule has 2 aliphatic heterocycles. The van der Waals surface area contributed by atoms with E-state index in [0.29, 0.717) is 19.7 Å². The van der Waals surface area contributed by atoms with Crippen molar-refractivity contribution in [1.82, 2.24) is 15.1 Å². The Hall–Kier alpha value is -1.92. The third kappa shape index (κ3) is 3.76. The average molecular weight is 331 g/mol. The van der Waals surface area contributed by atoms with Gasteiger partial charge in [0.05, 0.1) is 12.6 Å². The van der Waals surface area contributed by atoms with Crippen LogP contribution in [0.15, 0.2) is 30.3 Å². The predicted octanol–water partition coefficient (Wildman–Crippen LogP) is 1.61. The van der Waals surface area contributed by atoms with E-state index in [1.807, 2.05) is 18.2 Å². The summed E-state index contributed by atoms with van der Waals surface area (Å²) in [6, 6.07) is 9.98. The topological polar surface area (TPSA) is 61.9 Å². The van der Waals surface area contributed by atoms with E-state index in [1.54, 1.807) is 13.8 Å². The molecule has 1 aromatic rings. The zero-order valence-electron chi connectivity index (χ0n) is 14.3. The van der Waals surface area contributed by atoms with Gasteiger partial charge < -0.3 is 10.1 Å². The van der Waals surface area contributed by atoms with Gasteiger partial charge in [-0.25, -0.2) is 4.79 Å². The van der Waals surface area contributed by atoms with Gasteiger partial charge in [0.25, 0.3) is 5.91 Å². The Morgan fingerprint density at radius 2 is 2.00 bits per heavy atom. The van der Waals surface area contributed by atoms with Crippen molar-refractivity contribution in [3.05, 3.63) is 35.9 Å². The number of ether oxygens (including phenoxy) is 1. The minimum atomic E-state index is -0.828. The van der Waals surface area contributed by atoms with Gasteiger partial charge in [0, 0.05) is 26.2 Å². The Morgan fingerprint density at radius 3 is 2.67 bits per heavy atom. The Morgan fingerprint density at radius 1 is 1.25 bits per heavy atom. The number of urea groups is 1. The smallest absolute Gasteiger partial charge is 0.325 e. The molecule has 1 atom stereocenters. The Balaban J connectivity index is 1.63. The van der Waals surface area contributed by atoms with E-state index in [4.69, 9.17) is 4.74 Å². The van der Waals surface area contributed by atoms with Gasteiger partial charge in [0.1, 0.15) is 5.54 Å². The van der Waals surface area contributed by atoms with Crippen molar-refractivity contribution in [2.75, 3.05) is 26.2 Å². The summed E-state index contributed by atoms with van der Waals surface area (Å²) in [7, 11) is 0. The van der Waals surface area contributed by atoms with E-state index in [9.17, 15) is 9.59 Å². The molecule has 6 heteroatoms. The van der Waals surface area contributed by atoms with Gasteiger partial charge in [-0.1, -0.05) is 30.3 Å². The summed E-state index contributed by atoms with van der Waals surface area (Å²) in [5, 5.41) is 2.72. The van der Waals surface area contributed by atoms with E-state index < -0.39 is 5.54 Å². The molecule has 24 heavy (non-hydrogen) atoms. The van der Waals surface area contributed by atoms with Gasteiger partial charge >= 0.3 is 6.03 Å². The van der Waals surface area contributed by atoms with Crippen LogP contribution in [0.5, 0.6) is 0 Å². The first-order valence-electron chi connectivity index (χ1n) is 8.48. The first-order valence-corrected chi connectivity index (χ1v) is 8.48. The molecular formula is C18H25N3O3. The lowest BCUT2D eigenvalue weighted by Crippen LogP contribution is -2.44. The largest absolute Gasteiger partial charge is 0.375 e. The number of hydrogen-bond donors (Lipinski definition) is 1. The molecular weight excluding hydrogens is 306 g/mol. The molecule has 1 aromatic carbocycles. The predicted molar refractivity (Wildman–Crippen MR) is 90.4 cm³/mol. The number of imide groups is 1. The number of rotatable bonds is 4. The monoisotopic (exact) mass is 331 g/mol. The molecule has 2 saturated heterocycles. The number of nitrogens with zero attached hydrogens (tertiary/aromatic N) is 2. The summed E-state index contributed by atoms with van der Waals surface area (Å²) in [4.78, 5) is 28.0. The van der Waals surface area contributed by atoms with Gasteiger partial charge in [-0.05, 0) is 25.8 Å². The minimum Gasteiger partial charge on any atom is -0.375 e. The van der Waals surface area contributed by atoms with E-state index in [0.717, 1.165) is 19.5 Å². The minimum absolute atomic E-state index is 0.153. The number of benzene rings is 1. The number of carbonyl (C=O) groups is 2. The maximum Gasteiger partial charge on any atom is 0.325 e. The second-order valence-corrected chi connectivity index (χ2v) is 7.04. The lowest BCUT2D eigenvalue weighted by atomic mass is 10.1. The molecule has 0 spiro atoms. The molecule has 0 saturated carbocycles. The highest BCUT2D eigenvalue weighted by atomic mass is 16.5. The van der Waals surface area contributed by atoms with Crippen LogP contribution in [-0.4, -0.2) is 59.6 Å². The number of nitrogens with one attached hydrogen (secondary N) is 1. The molecule has 0 radical (unpaired) electrons. The first-order chi connectivity index (χ1) is 11.5. The second-order valence-electron chi connectivity index (χ2n) is 7.04. The SMILES string of the molecule is CC1(C)NC(=O)N(C[C@@H]2CN(Cc3ccccc3)CCCO2)C1=O. The molecule has 1 N–H and O–H groups in total. The summed E-state index contributed by atoms with van der Waals surface area (Å²) in [5.74, 6) is -0.185. The summed E-state index contributed by atoms with van der Waals surface area (Å²) in [6.07, 6.45) is 0.800. The molecule has 2 aliphatic rings. The van der Waals surface area contributed by atoms with Gasteiger partial charge in [-0.3, -0.25) is 14.6 Å². The van der Waals surface area contributed by atoms with E-state index in [2.05, 4.69) is 22.3 Å². The lowest BCUT2D eigenvalue weighted by Gasteiger charge is -2.26. The maximum absolute atomic E-state index is 12.3. The highest BCUT2D eigenvalue weighted by molar-refractivity contribution is 6.06. The van der Waals surface area contributed by atoms with Crippen LogP contribution >= 0.6 is 0 Å². The number of amides is 3. The Labute approximate surface area is 142 Å². The third-order valence-electron chi connectivity index (χ3n) is 4.51. The number of carbonyl (C=O) groups excluding carboxylic acids is 2. The average Bonchev–Trinajstić information content (AvgIpc) is 2.71. The van der Waals surface area contributed by atoms with Crippen LogP contribution < -0.4 is 5.32 Å². The molecule has 0 aromatic heterocycles. The summed E-state index contributed by atoms with van der Waals surface area (Å²) in [6.45, 7) is 6.93. The second kappa shape index (κ2) is 6.91. The van der Waals surface area contributed by atoms with Gasteiger partial charge in [0.2, 0.25) is 0 Å². The van der Waals surface area contributed by atoms with E-state index >= 15 is 0 Å². The van der Waals surface area contributed by atoms with Gasteiger partial charge in [-0.15, -0.1) is 0 Å². The fraction of sp³-hybridized carbons (Fsp3) is 0.556. The molecule has 0 aliphatic carbocycles. The van der Waals surface area contributed by atoms with Crippen molar-refractivity contribution >= 4 is 11.9 Å². The van der Waals surface area contributed by atoms with Crippen molar-refractivity contribution in [1.29, 1.82) is 0 Å². The van der Waals surface area contributed by atoms with Crippen LogP contribution in [0.1, 0.15) is 25.8 Å². The maximum atomic E-state index is 12.3. The summed E-state index contributed by atoms with van der Waals surface area (Å²) in [5.41, 5.74) is 0.431. The quantitative estimate of drug-likeness (QED) is 0.852. The van der Waals surface area contributed by atoms with Crippen LogP contribution in [-0.2, 0) is 16.1 Å². The fourth-order valence-corrected chi connectivity index (χ4v) is 3.25. The normalized spacial score (nSPS) is 24.8. The molecule has 3 amide bonds. The zero-order valence-corrected chi connectivity index (χ0v) is 14.3. The van der Waals surface area contributed by atoms with Crippen molar-refractivity contribution in [3.8, 4) is 0 Å². The Kier molecular flexibility index (Phi) is 4.87. The van der Waals surface area contributed by atoms with Crippen LogP contribution in [0.2, 0.25) is 0 Å². The van der Waals surface area contributed by atoms with Crippen LogP contribution in [0.3, 0.4) is 0 Å². The van der Waals surface area contributed by atoms with Crippen molar-refractivity contribution in [3.63, 3.8) is 0 Å². The standard InChI is InChI=1S/C18H25N3O3/c1-18(2)16(22)21(17(23)19-18)13-15-12-20(9-6-10-24-15)11-14-7-4-3-5-8-14/h3-5,7-8,15H,6,9-13H2,1-2H3,(H,19,23)/t15-/m0/s1. The van der Waals surface area contributed by atoms with Gasteiger partial charge in [-0.2, -0.15) is 0 Å². The van der Waals surface area contributed by atoms with E-state index in [-0.39, 0.29) is 18.0 Å². The zero-order chi connectivity index (χ0) is 17.2. The highest BCUT2D eigenvalue weighted by Gasteiger charge is 2.45. The molecule has 6 nitrogen and oxygen atoms in total.